The first-order valence-corrected chi connectivity index (χ1v) is 8.57. The number of carbonyl (C=O) groups is 1. The Labute approximate surface area is 155 Å². The van der Waals surface area contributed by atoms with Crippen molar-refractivity contribution in [2.24, 2.45) is 0 Å². The van der Waals surface area contributed by atoms with Gasteiger partial charge in [-0.1, -0.05) is 12.1 Å². The molecular formula is C21H26N2O3. The van der Waals surface area contributed by atoms with E-state index in [1.165, 1.54) is 6.08 Å². The van der Waals surface area contributed by atoms with Crippen LogP contribution in [0.5, 0.6) is 11.5 Å². The van der Waals surface area contributed by atoms with Crippen molar-refractivity contribution in [2.75, 3.05) is 39.7 Å². The van der Waals surface area contributed by atoms with Crippen molar-refractivity contribution in [3.05, 3.63) is 60.2 Å². The quantitative estimate of drug-likeness (QED) is 0.551. The van der Waals surface area contributed by atoms with E-state index in [1.54, 1.807) is 13.2 Å². The minimum Gasteiger partial charge on any atom is -0.497 e. The molecule has 2 rings (SSSR count). The Bertz CT molecular complexity index is 724. The molecule has 0 saturated heterocycles. The number of carbonyl (C=O) groups excluding carboxylic acids is 1. The van der Waals surface area contributed by atoms with Gasteiger partial charge in [-0.25, -0.2) is 0 Å². The number of anilines is 1. The lowest BCUT2D eigenvalue weighted by atomic mass is 10.2. The third kappa shape index (κ3) is 6.99. The summed E-state index contributed by atoms with van der Waals surface area (Å²) in [7, 11) is 5.70. The van der Waals surface area contributed by atoms with Gasteiger partial charge >= 0.3 is 0 Å². The minimum atomic E-state index is -0.188. The lowest BCUT2D eigenvalue weighted by Gasteiger charge is -2.10. The second-order valence-corrected chi connectivity index (χ2v) is 6.13. The summed E-state index contributed by atoms with van der Waals surface area (Å²) < 4.78 is 10.8. The Kier molecular flexibility index (Phi) is 7.71. The molecule has 0 radical (unpaired) electrons. The van der Waals surface area contributed by atoms with Crippen LogP contribution in [0.2, 0.25) is 0 Å². The first-order valence-electron chi connectivity index (χ1n) is 8.57. The first kappa shape index (κ1) is 19.5. The molecule has 0 aromatic heterocycles. The highest BCUT2D eigenvalue weighted by Crippen LogP contribution is 2.17. The summed E-state index contributed by atoms with van der Waals surface area (Å²) in [4.78, 5) is 14.2. The molecule has 0 heterocycles. The summed E-state index contributed by atoms with van der Waals surface area (Å²) in [6.45, 7) is 1.67. The van der Waals surface area contributed by atoms with E-state index in [0.717, 1.165) is 35.7 Å². The second-order valence-electron chi connectivity index (χ2n) is 6.13. The predicted molar refractivity (Wildman–Crippen MR) is 106 cm³/mol. The summed E-state index contributed by atoms with van der Waals surface area (Å²) in [5, 5.41) is 2.83. The molecule has 0 unspecified atom stereocenters. The van der Waals surface area contributed by atoms with Crippen LogP contribution < -0.4 is 14.8 Å². The van der Waals surface area contributed by atoms with E-state index in [-0.39, 0.29) is 5.91 Å². The van der Waals surface area contributed by atoms with Gasteiger partial charge in [-0.3, -0.25) is 4.79 Å². The van der Waals surface area contributed by atoms with Gasteiger partial charge < -0.3 is 19.7 Å². The Hall–Kier alpha value is -2.79. The van der Waals surface area contributed by atoms with E-state index >= 15 is 0 Å². The van der Waals surface area contributed by atoms with Gasteiger partial charge in [0.05, 0.1) is 13.7 Å². The van der Waals surface area contributed by atoms with Gasteiger partial charge in [-0.2, -0.15) is 0 Å². The maximum Gasteiger partial charge on any atom is 0.248 e. The smallest absolute Gasteiger partial charge is 0.248 e. The van der Waals surface area contributed by atoms with Crippen LogP contribution >= 0.6 is 0 Å². The lowest BCUT2D eigenvalue weighted by Crippen LogP contribution is -2.15. The largest absolute Gasteiger partial charge is 0.497 e. The summed E-state index contributed by atoms with van der Waals surface area (Å²) >= 11 is 0. The van der Waals surface area contributed by atoms with Crippen molar-refractivity contribution in [3.8, 4) is 11.5 Å². The number of ether oxygens (including phenoxy) is 2. The van der Waals surface area contributed by atoms with Crippen LogP contribution in [0.15, 0.2) is 54.6 Å². The fraction of sp³-hybridized carbons (Fsp3) is 0.286. The Morgan fingerprint density at radius 3 is 2.58 bits per heavy atom. The molecule has 0 aliphatic heterocycles. The zero-order valence-electron chi connectivity index (χ0n) is 15.6. The highest BCUT2D eigenvalue weighted by atomic mass is 16.5. The number of amides is 1. The highest BCUT2D eigenvalue weighted by Gasteiger charge is 2.00. The molecule has 5 heteroatoms. The fourth-order valence-corrected chi connectivity index (χ4v) is 2.31. The molecule has 0 saturated carbocycles. The van der Waals surface area contributed by atoms with Gasteiger partial charge in [0.2, 0.25) is 5.91 Å². The minimum absolute atomic E-state index is 0.188. The molecule has 0 bridgehead atoms. The van der Waals surface area contributed by atoms with Crippen LogP contribution in [0, 0.1) is 0 Å². The van der Waals surface area contributed by atoms with Crippen molar-refractivity contribution >= 4 is 17.7 Å². The Morgan fingerprint density at radius 1 is 1.12 bits per heavy atom. The van der Waals surface area contributed by atoms with E-state index in [1.807, 2.05) is 62.6 Å². The standard InChI is InChI=1S/C21H26N2O3/c1-23(2)14-5-15-26-19-11-9-18(10-12-19)22-21(24)13-8-17-6-4-7-20(16-17)25-3/h4,6-13,16H,5,14-15H2,1-3H3,(H,22,24)/b13-8+. The number of hydrogen-bond acceptors (Lipinski definition) is 4. The van der Waals surface area contributed by atoms with Crippen LogP contribution in [0.3, 0.4) is 0 Å². The highest BCUT2D eigenvalue weighted by molar-refractivity contribution is 6.01. The maximum absolute atomic E-state index is 12.0. The SMILES string of the molecule is COc1cccc(/C=C/C(=O)Nc2ccc(OCCCN(C)C)cc2)c1. The molecule has 2 aromatic rings. The molecular weight excluding hydrogens is 328 g/mol. The summed E-state index contributed by atoms with van der Waals surface area (Å²) in [6.07, 6.45) is 4.22. The third-order valence-corrected chi connectivity index (χ3v) is 3.66. The molecule has 138 valence electrons. The van der Waals surface area contributed by atoms with Crippen molar-refractivity contribution < 1.29 is 14.3 Å². The molecule has 0 spiro atoms. The van der Waals surface area contributed by atoms with Crippen LogP contribution in [-0.4, -0.2) is 45.2 Å². The lowest BCUT2D eigenvalue weighted by molar-refractivity contribution is -0.111. The molecule has 0 aliphatic carbocycles. The third-order valence-electron chi connectivity index (χ3n) is 3.66. The van der Waals surface area contributed by atoms with Crippen molar-refractivity contribution in [1.82, 2.24) is 4.90 Å². The molecule has 5 nitrogen and oxygen atoms in total. The number of nitrogens with zero attached hydrogens (tertiary/aromatic N) is 1. The molecule has 0 aliphatic rings. The van der Waals surface area contributed by atoms with Crippen molar-refractivity contribution in [2.45, 2.75) is 6.42 Å². The molecule has 1 N–H and O–H groups in total. The first-order chi connectivity index (χ1) is 12.6. The van der Waals surface area contributed by atoms with Gasteiger partial charge in [0.15, 0.2) is 0 Å². The second kappa shape index (κ2) is 10.3. The molecule has 0 fully saturated rings. The van der Waals surface area contributed by atoms with E-state index < -0.39 is 0 Å². The maximum atomic E-state index is 12.0. The molecule has 2 aromatic carbocycles. The summed E-state index contributed by atoms with van der Waals surface area (Å²) in [5.41, 5.74) is 1.63. The van der Waals surface area contributed by atoms with Crippen LogP contribution in [0.1, 0.15) is 12.0 Å². The number of methoxy groups -OCH3 is 1. The van der Waals surface area contributed by atoms with Gasteiger partial charge in [-0.15, -0.1) is 0 Å². The normalized spacial score (nSPS) is 10.9. The van der Waals surface area contributed by atoms with Crippen molar-refractivity contribution in [1.29, 1.82) is 0 Å². The number of benzene rings is 2. The molecule has 0 atom stereocenters. The van der Waals surface area contributed by atoms with Gasteiger partial charge in [0.1, 0.15) is 11.5 Å². The monoisotopic (exact) mass is 354 g/mol. The van der Waals surface area contributed by atoms with E-state index in [4.69, 9.17) is 9.47 Å². The average Bonchev–Trinajstić information content (AvgIpc) is 2.65. The van der Waals surface area contributed by atoms with Gasteiger partial charge in [0, 0.05) is 18.3 Å². The predicted octanol–water partition coefficient (Wildman–Crippen LogP) is 3.68. The van der Waals surface area contributed by atoms with E-state index in [9.17, 15) is 4.79 Å². The molecule has 1 amide bonds. The molecule has 26 heavy (non-hydrogen) atoms. The topological polar surface area (TPSA) is 50.8 Å². The Morgan fingerprint density at radius 2 is 1.88 bits per heavy atom. The Balaban J connectivity index is 1.82. The summed E-state index contributed by atoms with van der Waals surface area (Å²) in [6, 6.07) is 14.9. The van der Waals surface area contributed by atoms with E-state index in [2.05, 4.69) is 10.2 Å². The zero-order chi connectivity index (χ0) is 18.8. The zero-order valence-corrected chi connectivity index (χ0v) is 15.6. The number of nitrogens with one attached hydrogen (secondary N) is 1. The average molecular weight is 354 g/mol. The van der Waals surface area contributed by atoms with Crippen molar-refractivity contribution in [3.63, 3.8) is 0 Å². The van der Waals surface area contributed by atoms with Crippen LogP contribution in [0.25, 0.3) is 6.08 Å². The summed E-state index contributed by atoms with van der Waals surface area (Å²) in [5.74, 6) is 1.37. The van der Waals surface area contributed by atoms with Crippen LogP contribution in [-0.2, 0) is 4.79 Å². The number of hydrogen-bond donors (Lipinski definition) is 1. The number of rotatable bonds is 9. The van der Waals surface area contributed by atoms with Gasteiger partial charge in [-0.05, 0) is 68.6 Å². The van der Waals surface area contributed by atoms with Crippen LogP contribution in [0.4, 0.5) is 5.69 Å². The van der Waals surface area contributed by atoms with Gasteiger partial charge in [0.25, 0.3) is 0 Å². The van der Waals surface area contributed by atoms with E-state index in [0.29, 0.717) is 6.61 Å². The fourth-order valence-electron chi connectivity index (χ4n) is 2.31.